The monoisotopic (exact) mass is 393 g/mol. The molecule has 2 aromatic rings. The van der Waals surface area contributed by atoms with Crippen LogP contribution in [-0.4, -0.2) is 35.1 Å². The molecule has 0 atom stereocenters. The second-order valence-electron chi connectivity index (χ2n) is 6.94. The minimum absolute atomic E-state index is 0.246. The van der Waals surface area contributed by atoms with Gasteiger partial charge in [-0.25, -0.2) is 0 Å². The highest BCUT2D eigenvalue weighted by Gasteiger charge is 2.34. The van der Waals surface area contributed by atoms with Gasteiger partial charge in [0.05, 0.1) is 11.1 Å². The standard InChI is InChI=1S/C22H23N3O4/c1-15-9-4-5-10-16(15)20(27)24-23-19(26)13-3-2-8-14-25-21(28)17-11-6-7-12-18(17)22(25)29/h4-7,9-12H,2-3,8,13-14H2,1H3,(H,23,26)(H,24,27). The maximum Gasteiger partial charge on any atom is 0.269 e. The quantitative estimate of drug-likeness (QED) is 0.429. The maximum atomic E-state index is 12.3. The number of unbranched alkanes of at least 4 members (excludes halogenated alkanes) is 2. The van der Waals surface area contributed by atoms with E-state index in [9.17, 15) is 19.2 Å². The number of amides is 4. The zero-order chi connectivity index (χ0) is 20.8. The Bertz CT molecular complexity index is 920. The molecule has 0 aromatic heterocycles. The molecule has 3 rings (SSSR count). The van der Waals surface area contributed by atoms with Crippen molar-refractivity contribution in [2.24, 2.45) is 0 Å². The second kappa shape index (κ2) is 9.14. The number of imide groups is 1. The third-order valence-corrected chi connectivity index (χ3v) is 4.87. The zero-order valence-corrected chi connectivity index (χ0v) is 16.2. The second-order valence-corrected chi connectivity index (χ2v) is 6.94. The van der Waals surface area contributed by atoms with Crippen LogP contribution < -0.4 is 10.9 Å². The van der Waals surface area contributed by atoms with E-state index in [-0.39, 0.29) is 30.0 Å². The number of aryl methyl sites for hydroxylation is 1. The number of fused-ring (bicyclic) bond motifs is 1. The van der Waals surface area contributed by atoms with Crippen molar-refractivity contribution in [2.45, 2.75) is 32.6 Å². The van der Waals surface area contributed by atoms with E-state index in [1.165, 1.54) is 4.90 Å². The molecular weight excluding hydrogens is 370 g/mol. The van der Waals surface area contributed by atoms with E-state index < -0.39 is 0 Å². The summed E-state index contributed by atoms with van der Waals surface area (Å²) in [6.07, 6.45) is 2.15. The van der Waals surface area contributed by atoms with Crippen molar-refractivity contribution < 1.29 is 19.2 Å². The summed E-state index contributed by atoms with van der Waals surface area (Å²) in [7, 11) is 0. The van der Waals surface area contributed by atoms with Crippen molar-refractivity contribution >= 4 is 23.6 Å². The lowest BCUT2D eigenvalue weighted by molar-refractivity contribution is -0.122. The lowest BCUT2D eigenvalue weighted by Crippen LogP contribution is -2.41. The van der Waals surface area contributed by atoms with Crippen LogP contribution in [0.1, 0.15) is 62.3 Å². The fraction of sp³-hybridized carbons (Fsp3) is 0.273. The Labute approximate surface area is 169 Å². The molecule has 0 radical (unpaired) electrons. The molecule has 0 saturated carbocycles. The number of nitrogens with zero attached hydrogens (tertiary/aromatic N) is 1. The van der Waals surface area contributed by atoms with Crippen molar-refractivity contribution in [3.8, 4) is 0 Å². The maximum absolute atomic E-state index is 12.3. The van der Waals surface area contributed by atoms with Crippen molar-refractivity contribution in [1.29, 1.82) is 0 Å². The van der Waals surface area contributed by atoms with E-state index in [1.807, 2.05) is 19.1 Å². The summed E-state index contributed by atoms with van der Waals surface area (Å²) in [5.41, 5.74) is 7.05. The summed E-state index contributed by atoms with van der Waals surface area (Å²) in [5.74, 6) is -1.17. The lowest BCUT2D eigenvalue weighted by Gasteiger charge is -2.13. The van der Waals surface area contributed by atoms with Crippen LogP contribution in [-0.2, 0) is 4.79 Å². The van der Waals surface area contributed by atoms with E-state index >= 15 is 0 Å². The fourth-order valence-electron chi connectivity index (χ4n) is 3.26. The first-order valence-electron chi connectivity index (χ1n) is 9.59. The molecule has 4 amide bonds. The number of rotatable bonds is 7. The Kier molecular flexibility index (Phi) is 6.39. The van der Waals surface area contributed by atoms with Gasteiger partial charge in [0.2, 0.25) is 5.91 Å². The van der Waals surface area contributed by atoms with Crippen molar-refractivity contribution in [3.05, 3.63) is 70.8 Å². The number of hydrogen-bond acceptors (Lipinski definition) is 4. The highest BCUT2D eigenvalue weighted by Crippen LogP contribution is 2.22. The largest absolute Gasteiger partial charge is 0.274 e. The summed E-state index contributed by atoms with van der Waals surface area (Å²) in [6.45, 7) is 2.16. The highest BCUT2D eigenvalue weighted by atomic mass is 16.2. The van der Waals surface area contributed by atoms with E-state index in [4.69, 9.17) is 0 Å². The van der Waals surface area contributed by atoms with E-state index in [2.05, 4.69) is 10.9 Å². The molecule has 2 aromatic carbocycles. The Hall–Kier alpha value is -3.48. The lowest BCUT2D eigenvalue weighted by atomic mass is 10.1. The summed E-state index contributed by atoms with van der Waals surface area (Å²) in [4.78, 5) is 49.7. The van der Waals surface area contributed by atoms with Crippen LogP contribution in [0.4, 0.5) is 0 Å². The highest BCUT2D eigenvalue weighted by molar-refractivity contribution is 6.21. The average Bonchev–Trinajstić information content (AvgIpc) is 2.97. The molecule has 7 nitrogen and oxygen atoms in total. The number of carbonyl (C=O) groups is 4. The number of benzene rings is 2. The SMILES string of the molecule is Cc1ccccc1C(=O)NNC(=O)CCCCCN1C(=O)c2ccccc2C1=O. The molecule has 0 bridgehead atoms. The molecule has 1 aliphatic rings. The number of hydrogen-bond donors (Lipinski definition) is 2. The molecule has 0 saturated heterocycles. The van der Waals surface area contributed by atoms with Crippen molar-refractivity contribution in [3.63, 3.8) is 0 Å². The third-order valence-electron chi connectivity index (χ3n) is 4.87. The minimum Gasteiger partial charge on any atom is -0.274 e. The molecule has 29 heavy (non-hydrogen) atoms. The van der Waals surface area contributed by atoms with Gasteiger partial charge in [0.25, 0.3) is 17.7 Å². The van der Waals surface area contributed by atoms with Crippen LogP contribution in [0, 0.1) is 6.92 Å². The molecular formula is C22H23N3O4. The summed E-state index contributed by atoms with van der Waals surface area (Å²) in [5, 5.41) is 0. The van der Waals surface area contributed by atoms with Crippen LogP contribution in [0.25, 0.3) is 0 Å². The van der Waals surface area contributed by atoms with Crippen LogP contribution in [0.5, 0.6) is 0 Å². The summed E-state index contributed by atoms with van der Waals surface area (Å²) in [6, 6.07) is 13.9. The van der Waals surface area contributed by atoms with Gasteiger partial charge in [-0.05, 0) is 43.5 Å². The van der Waals surface area contributed by atoms with Gasteiger partial charge in [-0.2, -0.15) is 0 Å². The molecule has 1 aliphatic heterocycles. The topological polar surface area (TPSA) is 95.6 Å². The van der Waals surface area contributed by atoms with Crippen LogP contribution >= 0.6 is 0 Å². The van der Waals surface area contributed by atoms with Gasteiger partial charge >= 0.3 is 0 Å². The van der Waals surface area contributed by atoms with Crippen molar-refractivity contribution in [1.82, 2.24) is 15.8 Å². The number of hydrazine groups is 1. The normalized spacial score (nSPS) is 12.7. The first-order chi connectivity index (χ1) is 14.0. The first kappa shape index (κ1) is 20.3. The number of nitrogens with one attached hydrogen (secondary N) is 2. The predicted octanol–water partition coefficient (Wildman–Crippen LogP) is 2.61. The van der Waals surface area contributed by atoms with E-state index in [0.29, 0.717) is 42.5 Å². The van der Waals surface area contributed by atoms with Gasteiger partial charge < -0.3 is 0 Å². The molecule has 150 valence electrons. The van der Waals surface area contributed by atoms with Crippen LogP contribution in [0.2, 0.25) is 0 Å². The van der Waals surface area contributed by atoms with Gasteiger partial charge in [0, 0.05) is 18.5 Å². The van der Waals surface area contributed by atoms with Gasteiger partial charge in [0.1, 0.15) is 0 Å². The molecule has 7 heteroatoms. The Balaban J connectivity index is 1.34. The molecule has 2 N–H and O–H groups in total. The molecule has 0 aliphatic carbocycles. The smallest absolute Gasteiger partial charge is 0.269 e. The fourth-order valence-corrected chi connectivity index (χ4v) is 3.26. The van der Waals surface area contributed by atoms with Gasteiger partial charge in [-0.15, -0.1) is 0 Å². The van der Waals surface area contributed by atoms with E-state index in [0.717, 1.165) is 5.56 Å². The predicted molar refractivity (Wildman–Crippen MR) is 107 cm³/mol. The minimum atomic E-state index is -0.359. The number of carbonyl (C=O) groups excluding carboxylic acids is 4. The first-order valence-corrected chi connectivity index (χ1v) is 9.59. The molecule has 0 spiro atoms. The average molecular weight is 393 g/mol. The summed E-state index contributed by atoms with van der Waals surface area (Å²) >= 11 is 0. The van der Waals surface area contributed by atoms with Crippen LogP contribution in [0.15, 0.2) is 48.5 Å². The Morgan fingerprint density at radius 1 is 0.828 bits per heavy atom. The third kappa shape index (κ3) is 4.68. The summed E-state index contributed by atoms with van der Waals surface area (Å²) < 4.78 is 0. The van der Waals surface area contributed by atoms with Crippen molar-refractivity contribution in [2.75, 3.05) is 6.54 Å². The van der Waals surface area contributed by atoms with Gasteiger partial charge in [-0.3, -0.25) is 34.9 Å². The molecule has 0 fully saturated rings. The molecule has 1 heterocycles. The van der Waals surface area contributed by atoms with Gasteiger partial charge in [-0.1, -0.05) is 36.8 Å². The Morgan fingerprint density at radius 3 is 2.10 bits per heavy atom. The zero-order valence-electron chi connectivity index (χ0n) is 16.2. The van der Waals surface area contributed by atoms with Gasteiger partial charge in [0.15, 0.2) is 0 Å². The van der Waals surface area contributed by atoms with E-state index in [1.54, 1.807) is 36.4 Å². The molecule has 0 unspecified atom stereocenters. The van der Waals surface area contributed by atoms with Crippen LogP contribution in [0.3, 0.4) is 0 Å². The Morgan fingerprint density at radius 2 is 1.45 bits per heavy atom.